The van der Waals surface area contributed by atoms with Crippen LogP contribution < -0.4 is 10.2 Å². The Morgan fingerprint density at radius 1 is 1.04 bits per heavy atom. The van der Waals surface area contributed by atoms with E-state index in [-0.39, 0.29) is 12.1 Å². The monoisotopic (exact) mass is 502 g/mol. The topological polar surface area (TPSA) is 44.0 Å². The summed E-state index contributed by atoms with van der Waals surface area (Å²) in [4.78, 5) is 10.4. The van der Waals surface area contributed by atoms with E-state index in [0.29, 0.717) is 0 Å². The molecule has 2 atom stereocenters. The lowest BCUT2D eigenvalue weighted by Gasteiger charge is -2.29. The molecule has 0 saturated carbocycles. The number of thiocarbonyl (C=S) groups is 1. The Morgan fingerprint density at radius 3 is 2.32 bits per heavy atom. The van der Waals surface area contributed by atoms with Gasteiger partial charge in [-0.25, -0.2) is 0 Å². The smallest absolute Gasteiger partial charge is 0.174 e. The van der Waals surface area contributed by atoms with Crippen molar-refractivity contribution in [3.05, 3.63) is 79.9 Å². The van der Waals surface area contributed by atoms with Gasteiger partial charge in [-0.05, 0) is 97.9 Å². The second-order valence-corrected chi connectivity index (χ2v) is 8.91. The number of aromatic nitrogens is 2. The highest BCUT2D eigenvalue weighted by Gasteiger charge is 2.43. The van der Waals surface area contributed by atoms with Crippen LogP contribution in [0.1, 0.15) is 45.9 Å². The van der Waals surface area contributed by atoms with Crippen molar-refractivity contribution >= 4 is 45.6 Å². The molecule has 3 aromatic rings. The third-order valence-electron chi connectivity index (χ3n) is 5.22. The minimum absolute atomic E-state index is 0.0167. The van der Waals surface area contributed by atoms with Crippen LogP contribution in [0.3, 0.4) is 0 Å². The third kappa shape index (κ3) is 3.33. The van der Waals surface area contributed by atoms with Crippen molar-refractivity contribution in [1.82, 2.24) is 15.3 Å². The van der Waals surface area contributed by atoms with Gasteiger partial charge in [0.1, 0.15) is 0 Å². The van der Waals surface area contributed by atoms with E-state index in [1.165, 1.54) is 31.6 Å². The summed E-state index contributed by atoms with van der Waals surface area (Å²) in [6.07, 6.45) is 1.84. The Labute approximate surface area is 184 Å². The number of hydrogen-bond donors (Lipinski definition) is 2. The second kappa shape index (κ2) is 7.48. The molecule has 2 aromatic heterocycles. The summed E-state index contributed by atoms with van der Waals surface area (Å²) in [5.74, 6) is 0. The molecule has 0 bridgehead atoms. The highest BCUT2D eigenvalue weighted by molar-refractivity contribution is 14.1. The summed E-state index contributed by atoms with van der Waals surface area (Å²) in [7, 11) is 0. The first-order chi connectivity index (χ1) is 13.4. The molecule has 2 N–H and O–H groups in total. The van der Waals surface area contributed by atoms with Gasteiger partial charge < -0.3 is 15.2 Å². The number of aromatic amines is 1. The van der Waals surface area contributed by atoms with Crippen molar-refractivity contribution in [3.63, 3.8) is 0 Å². The summed E-state index contributed by atoms with van der Waals surface area (Å²) >= 11 is 8.28. The summed E-state index contributed by atoms with van der Waals surface area (Å²) in [6, 6.07) is 12.7. The average Bonchev–Trinajstić information content (AvgIpc) is 3.10. The number of H-pyrrole nitrogens is 1. The number of hydrogen-bond acceptors (Lipinski definition) is 2. The highest BCUT2D eigenvalue weighted by Crippen LogP contribution is 2.44. The van der Waals surface area contributed by atoms with Crippen molar-refractivity contribution in [2.75, 3.05) is 4.90 Å². The zero-order valence-corrected chi connectivity index (χ0v) is 19.4. The Kier molecular flexibility index (Phi) is 5.18. The molecule has 144 valence electrons. The molecule has 3 heterocycles. The van der Waals surface area contributed by atoms with Crippen molar-refractivity contribution in [2.24, 2.45) is 0 Å². The van der Waals surface area contributed by atoms with Crippen molar-refractivity contribution in [2.45, 2.75) is 39.8 Å². The van der Waals surface area contributed by atoms with E-state index < -0.39 is 0 Å². The van der Waals surface area contributed by atoms with Gasteiger partial charge >= 0.3 is 0 Å². The van der Waals surface area contributed by atoms with E-state index >= 15 is 0 Å². The number of aryl methyl sites for hydroxylation is 4. The summed E-state index contributed by atoms with van der Waals surface area (Å²) < 4.78 is 1.25. The van der Waals surface area contributed by atoms with Crippen molar-refractivity contribution in [3.8, 4) is 0 Å². The maximum Gasteiger partial charge on any atom is 0.174 e. The van der Waals surface area contributed by atoms with Crippen LogP contribution in [-0.2, 0) is 0 Å². The molecule has 0 amide bonds. The molecule has 1 aromatic carbocycles. The van der Waals surface area contributed by atoms with Gasteiger partial charge in [-0.15, -0.1) is 0 Å². The molecular formula is C22H23IN4S. The van der Waals surface area contributed by atoms with Gasteiger partial charge in [0.2, 0.25) is 0 Å². The first-order valence-electron chi connectivity index (χ1n) is 9.30. The van der Waals surface area contributed by atoms with Crippen LogP contribution in [0.5, 0.6) is 0 Å². The second-order valence-electron chi connectivity index (χ2n) is 7.45. The van der Waals surface area contributed by atoms with E-state index in [2.05, 4.69) is 94.7 Å². The molecule has 6 heteroatoms. The molecule has 1 fully saturated rings. The number of halogens is 1. The summed E-state index contributed by atoms with van der Waals surface area (Å²) in [5, 5.41) is 4.28. The third-order valence-corrected chi connectivity index (χ3v) is 6.93. The maximum atomic E-state index is 5.83. The number of nitrogens with zero attached hydrogens (tertiary/aromatic N) is 2. The zero-order valence-electron chi connectivity index (χ0n) is 16.4. The van der Waals surface area contributed by atoms with Gasteiger partial charge in [0.25, 0.3) is 0 Å². The Balaban J connectivity index is 1.92. The molecule has 1 aliphatic heterocycles. The predicted octanol–water partition coefficient (Wildman–Crippen LogP) is 5.43. The molecule has 0 spiro atoms. The Hall–Kier alpha value is -1.93. The molecule has 0 radical (unpaired) electrons. The molecule has 28 heavy (non-hydrogen) atoms. The van der Waals surface area contributed by atoms with Gasteiger partial charge in [-0.2, -0.15) is 0 Å². The first kappa shape index (κ1) is 19.4. The molecular weight excluding hydrogens is 479 g/mol. The van der Waals surface area contributed by atoms with Gasteiger partial charge in [-0.1, -0.05) is 12.1 Å². The number of pyridine rings is 1. The van der Waals surface area contributed by atoms with Crippen LogP contribution in [0, 0.1) is 31.3 Å². The number of nitrogens with one attached hydrogen (secondary N) is 2. The molecule has 0 unspecified atom stereocenters. The van der Waals surface area contributed by atoms with E-state index in [0.717, 1.165) is 16.5 Å². The molecule has 1 saturated heterocycles. The Morgan fingerprint density at radius 2 is 1.75 bits per heavy atom. The van der Waals surface area contributed by atoms with E-state index in [1.54, 1.807) is 0 Å². The first-order valence-corrected chi connectivity index (χ1v) is 10.8. The lowest BCUT2D eigenvalue weighted by molar-refractivity contribution is 0.564. The zero-order chi connectivity index (χ0) is 20.0. The quantitative estimate of drug-likeness (QED) is 0.371. The normalized spacial score (nSPS) is 19.2. The maximum absolute atomic E-state index is 5.83. The molecule has 4 rings (SSSR count). The van der Waals surface area contributed by atoms with Gasteiger partial charge in [0.05, 0.1) is 17.8 Å². The summed E-state index contributed by atoms with van der Waals surface area (Å²) in [5.41, 5.74) is 8.22. The lowest BCUT2D eigenvalue weighted by atomic mass is 9.96. The minimum Gasteiger partial charge on any atom is -0.362 e. The van der Waals surface area contributed by atoms with Crippen LogP contribution in [-0.4, -0.2) is 15.1 Å². The van der Waals surface area contributed by atoms with E-state index in [1.807, 2.05) is 18.3 Å². The van der Waals surface area contributed by atoms with Crippen molar-refractivity contribution < 1.29 is 0 Å². The van der Waals surface area contributed by atoms with Crippen LogP contribution in [0.2, 0.25) is 0 Å². The predicted molar refractivity (Wildman–Crippen MR) is 127 cm³/mol. The van der Waals surface area contributed by atoms with E-state index in [4.69, 9.17) is 12.2 Å². The van der Waals surface area contributed by atoms with Crippen molar-refractivity contribution in [1.29, 1.82) is 0 Å². The summed E-state index contributed by atoms with van der Waals surface area (Å²) in [6.45, 7) is 8.52. The van der Waals surface area contributed by atoms with Crippen LogP contribution in [0.4, 0.5) is 5.69 Å². The fraction of sp³-hybridized carbons (Fsp3) is 0.273. The largest absolute Gasteiger partial charge is 0.362 e. The SMILES string of the molecule is Cc1cc(C)cc(N2C(=S)N[C@@H](c3ccccn3)[C@H]2c2c(C)[nH]c(C)c2I)c1. The minimum atomic E-state index is -0.0167. The van der Waals surface area contributed by atoms with Gasteiger partial charge in [-0.3, -0.25) is 4.98 Å². The Bertz CT molecular complexity index is 1020. The van der Waals surface area contributed by atoms with Crippen LogP contribution in [0.15, 0.2) is 42.6 Å². The molecule has 0 aliphatic carbocycles. The van der Waals surface area contributed by atoms with Gasteiger partial charge in [0.15, 0.2) is 5.11 Å². The highest BCUT2D eigenvalue weighted by atomic mass is 127. The number of anilines is 1. The molecule has 4 nitrogen and oxygen atoms in total. The van der Waals surface area contributed by atoms with Crippen LogP contribution in [0.25, 0.3) is 0 Å². The number of rotatable bonds is 3. The number of benzene rings is 1. The fourth-order valence-corrected chi connectivity index (χ4v) is 5.34. The van der Waals surface area contributed by atoms with Crippen LogP contribution >= 0.6 is 34.8 Å². The molecule has 1 aliphatic rings. The standard InChI is InChI=1S/C22H23IN4S/c1-12-9-13(2)11-16(10-12)27-21(18-14(3)25-15(4)19(18)23)20(26-22(27)28)17-7-5-6-8-24-17/h5-11,20-21,25H,1-4H3,(H,26,28)/t20-,21+/m0/s1. The fourth-order valence-electron chi connectivity index (χ4n) is 4.14. The average molecular weight is 502 g/mol. The lowest BCUT2D eigenvalue weighted by Crippen LogP contribution is -2.30. The van der Waals surface area contributed by atoms with E-state index in [9.17, 15) is 0 Å². The van der Waals surface area contributed by atoms with Gasteiger partial charge in [0, 0.05) is 32.4 Å².